The fraction of sp³-hybridized carbons (Fsp3) is 0.632. The number of methoxy groups -OCH3 is 1. The van der Waals surface area contributed by atoms with Gasteiger partial charge < -0.3 is 9.47 Å². The van der Waals surface area contributed by atoms with Crippen molar-refractivity contribution >= 4 is 5.97 Å². The Balaban J connectivity index is 2.43. The number of benzene rings is 1. The largest absolute Gasteiger partial charge is 0.456 e. The molecule has 0 aliphatic carbocycles. The van der Waals surface area contributed by atoms with Crippen LogP contribution in [0, 0.1) is 12.8 Å². The number of aryl methyl sites for hydroxylation is 1. The summed E-state index contributed by atoms with van der Waals surface area (Å²) >= 11 is 0. The molecule has 3 heteroatoms. The van der Waals surface area contributed by atoms with E-state index < -0.39 is 0 Å². The molecule has 1 aromatic rings. The quantitative estimate of drug-likeness (QED) is 0.461. The number of hydrogen-bond donors (Lipinski definition) is 0. The fourth-order valence-electron chi connectivity index (χ4n) is 2.48. The molecule has 1 rings (SSSR count). The lowest BCUT2D eigenvalue weighted by molar-refractivity contribution is 0.00230. The van der Waals surface area contributed by atoms with Gasteiger partial charge in [0.05, 0.1) is 12.2 Å². The van der Waals surface area contributed by atoms with Gasteiger partial charge in [0.2, 0.25) is 0 Å². The zero-order valence-corrected chi connectivity index (χ0v) is 14.4. The number of esters is 1. The molecule has 0 fully saturated rings. The molecular formula is C19H30O3. The Morgan fingerprint density at radius 3 is 2.41 bits per heavy atom. The first kappa shape index (κ1) is 18.7. The van der Waals surface area contributed by atoms with Gasteiger partial charge in [0, 0.05) is 7.11 Å². The highest BCUT2D eigenvalue weighted by molar-refractivity contribution is 5.91. The van der Waals surface area contributed by atoms with E-state index in [1.807, 2.05) is 31.2 Å². The minimum absolute atomic E-state index is 0.156. The van der Waals surface area contributed by atoms with Crippen LogP contribution in [0.2, 0.25) is 0 Å². The van der Waals surface area contributed by atoms with Crippen LogP contribution in [0.4, 0.5) is 0 Å². The fourth-order valence-corrected chi connectivity index (χ4v) is 2.48. The van der Waals surface area contributed by atoms with Gasteiger partial charge in [-0.3, -0.25) is 0 Å². The third kappa shape index (κ3) is 7.08. The molecule has 0 amide bonds. The van der Waals surface area contributed by atoms with Crippen molar-refractivity contribution in [3.63, 3.8) is 0 Å². The van der Waals surface area contributed by atoms with Crippen LogP contribution in [0.25, 0.3) is 0 Å². The van der Waals surface area contributed by atoms with Gasteiger partial charge in [-0.2, -0.15) is 0 Å². The highest BCUT2D eigenvalue weighted by Crippen LogP contribution is 2.15. The number of unbranched alkanes of at least 4 members (excludes halogenated alkanes) is 2. The van der Waals surface area contributed by atoms with Crippen LogP contribution in [0.1, 0.15) is 61.9 Å². The molecule has 0 N–H and O–H groups in total. The molecule has 0 radical (unpaired) electrons. The summed E-state index contributed by atoms with van der Waals surface area (Å²) < 4.78 is 10.8. The van der Waals surface area contributed by atoms with Gasteiger partial charge in [0.25, 0.3) is 0 Å². The summed E-state index contributed by atoms with van der Waals surface area (Å²) in [6, 6.07) is 7.52. The molecule has 0 spiro atoms. The molecule has 0 saturated heterocycles. The maximum atomic E-state index is 12.3. The molecule has 22 heavy (non-hydrogen) atoms. The molecule has 0 saturated carbocycles. The lowest BCUT2D eigenvalue weighted by Gasteiger charge is -2.18. The molecule has 1 atom stereocenters. The lowest BCUT2D eigenvalue weighted by Crippen LogP contribution is -2.23. The Bertz CT molecular complexity index is 440. The van der Waals surface area contributed by atoms with Crippen LogP contribution in [0.5, 0.6) is 0 Å². The van der Waals surface area contributed by atoms with Crippen LogP contribution in [-0.2, 0) is 9.47 Å². The number of ether oxygens (including phenoxy) is 2. The second kappa shape index (κ2) is 10.4. The Morgan fingerprint density at radius 2 is 1.77 bits per heavy atom. The average Bonchev–Trinajstić information content (AvgIpc) is 2.47. The van der Waals surface area contributed by atoms with Crippen molar-refractivity contribution in [2.24, 2.45) is 5.92 Å². The monoisotopic (exact) mass is 306 g/mol. The molecule has 1 aromatic carbocycles. The normalized spacial score (nSPS) is 12.4. The van der Waals surface area contributed by atoms with E-state index >= 15 is 0 Å². The first-order valence-electron chi connectivity index (χ1n) is 8.30. The number of carbonyl (C=O) groups is 1. The van der Waals surface area contributed by atoms with Crippen molar-refractivity contribution in [1.29, 1.82) is 0 Å². The Kier molecular flexibility index (Phi) is 8.83. The topological polar surface area (TPSA) is 35.5 Å². The van der Waals surface area contributed by atoms with E-state index in [-0.39, 0.29) is 12.1 Å². The summed E-state index contributed by atoms with van der Waals surface area (Å²) in [6.07, 6.45) is 5.46. The maximum Gasteiger partial charge on any atom is 0.338 e. The number of hydrogen-bond acceptors (Lipinski definition) is 3. The molecule has 1 unspecified atom stereocenters. The van der Waals surface area contributed by atoms with Crippen molar-refractivity contribution in [1.82, 2.24) is 0 Å². The zero-order valence-electron chi connectivity index (χ0n) is 14.4. The first-order valence-corrected chi connectivity index (χ1v) is 8.30. The van der Waals surface area contributed by atoms with Gasteiger partial charge in [-0.05, 0) is 37.3 Å². The van der Waals surface area contributed by atoms with E-state index in [0.717, 1.165) is 24.3 Å². The van der Waals surface area contributed by atoms with E-state index in [9.17, 15) is 4.79 Å². The van der Waals surface area contributed by atoms with Gasteiger partial charge >= 0.3 is 5.97 Å². The van der Waals surface area contributed by atoms with Crippen molar-refractivity contribution in [3.05, 3.63) is 35.4 Å². The molecule has 0 bridgehead atoms. The van der Waals surface area contributed by atoms with E-state index in [2.05, 4.69) is 13.8 Å². The summed E-state index contributed by atoms with van der Waals surface area (Å²) in [5.41, 5.74) is 1.59. The minimum Gasteiger partial charge on any atom is -0.456 e. The smallest absolute Gasteiger partial charge is 0.338 e. The summed E-state index contributed by atoms with van der Waals surface area (Å²) in [6.45, 7) is 6.88. The van der Waals surface area contributed by atoms with Crippen molar-refractivity contribution in [2.75, 3.05) is 13.7 Å². The Morgan fingerprint density at radius 1 is 1.09 bits per heavy atom. The summed E-state index contributed by atoms with van der Waals surface area (Å²) in [5, 5.41) is 0. The Labute approximate surface area is 135 Å². The highest BCUT2D eigenvalue weighted by Gasteiger charge is 2.17. The van der Waals surface area contributed by atoms with Crippen molar-refractivity contribution in [2.45, 2.75) is 59.0 Å². The molecule has 3 nitrogen and oxygen atoms in total. The second-order valence-electron chi connectivity index (χ2n) is 6.33. The second-order valence-corrected chi connectivity index (χ2v) is 6.33. The van der Waals surface area contributed by atoms with Crippen LogP contribution >= 0.6 is 0 Å². The predicted octanol–water partition coefficient (Wildman–Crippen LogP) is 4.77. The zero-order chi connectivity index (χ0) is 16.4. The SMILES string of the molecule is COCC(CCCCCC(C)C)OC(=O)c1ccccc1C. The van der Waals surface area contributed by atoms with Crippen LogP contribution in [0.3, 0.4) is 0 Å². The number of carbonyl (C=O) groups excluding carboxylic acids is 1. The van der Waals surface area contributed by atoms with E-state index in [0.29, 0.717) is 12.2 Å². The molecule has 0 aromatic heterocycles. The van der Waals surface area contributed by atoms with E-state index in [1.165, 1.54) is 19.3 Å². The molecule has 0 aliphatic heterocycles. The lowest BCUT2D eigenvalue weighted by atomic mass is 10.0. The van der Waals surface area contributed by atoms with E-state index in [1.54, 1.807) is 7.11 Å². The molecule has 124 valence electrons. The summed E-state index contributed by atoms with van der Waals surface area (Å²) in [7, 11) is 1.65. The summed E-state index contributed by atoms with van der Waals surface area (Å²) in [4.78, 5) is 12.3. The standard InChI is InChI=1S/C19H30O3/c1-15(2)10-6-5-7-12-17(14-21-4)22-19(20)18-13-9-8-11-16(18)3/h8-9,11,13,15,17H,5-7,10,12,14H2,1-4H3. The summed E-state index contributed by atoms with van der Waals surface area (Å²) in [5.74, 6) is 0.510. The van der Waals surface area contributed by atoms with Gasteiger partial charge in [-0.1, -0.05) is 51.3 Å². The van der Waals surface area contributed by atoms with Crippen LogP contribution < -0.4 is 0 Å². The van der Waals surface area contributed by atoms with Crippen LogP contribution in [-0.4, -0.2) is 25.8 Å². The average molecular weight is 306 g/mol. The Hall–Kier alpha value is -1.35. The third-order valence-corrected chi connectivity index (χ3v) is 3.80. The predicted molar refractivity (Wildman–Crippen MR) is 90.2 cm³/mol. The molecule has 0 aliphatic rings. The van der Waals surface area contributed by atoms with Gasteiger partial charge in [-0.25, -0.2) is 4.79 Å². The van der Waals surface area contributed by atoms with E-state index in [4.69, 9.17) is 9.47 Å². The molecular weight excluding hydrogens is 276 g/mol. The highest BCUT2D eigenvalue weighted by atomic mass is 16.6. The van der Waals surface area contributed by atoms with Gasteiger partial charge in [0.1, 0.15) is 6.10 Å². The van der Waals surface area contributed by atoms with Crippen LogP contribution in [0.15, 0.2) is 24.3 Å². The number of rotatable bonds is 10. The third-order valence-electron chi connectivity index (χ3n) is 3.80. The van der Waals surface area contributed by atoms with Crippen molar-refractivity contribution < 1.29 is 14.3 Å². The van der Waals surface area contributed by atoms with Gasteiger partial charge in [0.15, 0.2) is 0 Å². The minimum atomic E-state index is -0.248. The van der Waals surface area contributed by atoms with Gasteiger partial charge in [-0.15, -0.1) is 0 Å². The maximum absolute atomic E-state index is 12.3. The first-order chi connectivity index (χ1) is 10.5. The van der Waals surface area contributed by atoms with Crippen molar-refractivity contribution in [3.8, 4) is 0 Å². The molecule has 0 heterocycles.